The van der Waals surface area contributed by atoms with Crippen LogP contribution in [0.15, 0.2) is 47.4 Å². The molecule has 2 aromatic rings. The second-order valence-electron chi connectivity index (χ2n) is 6.28. The lowest BCUT2D eigenvalue weighted by Gasteiger charge is -2.26. The van der Waals surface area contributed by atoms with Crippen LogP contribution in [0.4, 0.5) is 0 Å². The first-order chi connectivity index (χ1) is 11.4. The Kier molecular flexibility index (Phi) is 4.88. The number of carbonyl (C=O) groups excluding carboxylic acids is 1. The molecule has 0 unspecified atom stereocenters. The summed E-state index contributed by atoms with van der Waals surface area (Å²) >= 11 is 1.51. The fourth-order valence-corrected chi connectivity index (χ4v) is 5.83. The SMILES string of the molecule is C[C@H](Sc1ccc2ccccc2c1)C(=O)N(C)[C@H]1CCS(=O)(=O)C1. The van der Waals surface area contributed by atoms with Gasteiger partial charge in [0.2, 0.25) is 5.91 Å². The quantitative estimate of drug-likeness (QED) is 0.784. The third kappa shape index (κ3) is 3.75. The summed E-state index contributed by atoms with van der Waals surface area (Å²) in [5, 5.41) is 2.07. The lowest BCUT2D eigenvalue weighted by atomic mass is 10.1. The number of sulfone groups is 1. The van der Waals surface area contributed by atoms with Crippen LogP contribution >= 0.6 is 11.8 Å². The first-order valence-electron chi connectivity index (χ1n) is 7.98. The number of benzene rings is 2. The van der Waals surface area contributed by atoms with E-state index in [0.29, 0.717) is 6.42 Å². The molecular weight excluding hydrogens is 342 g/mol. The maximum Gasteiger partial charge on any atom is 0.235 e. The van der Waals surface area contributed by atoms with Crippen LogP contribution in [0.5, 0.6) is 0 Å². The number of carbonyl (C=O) groups is 1. The van der Waals surface area contributed by atoms with Crippen molar-refractivity contribution in [3.63, 3.8) is 0 Å². The molecule has 1 fully saturated rings. The van der Waals surface area contributed by atoms with Gasteiger partial charge in [0, 0.05) is 18.0 Å². The van der Waals surface area contributed by atoms with E-state index in [1.165, 1.54) is 17.1 Å². The Morgan fingerprint density at radius 3 is 2.58 bits per heavy atom. The van der Waals surface area contributed by atoms with Gasteiger partial charge in [-0.3, -0.25) is 4.79 Å². The Hall–Kier alpha value is -1.53. The van der Waals surface area contributed by atoms with Gasteiger partial charge in [-0.25, -0.2) is 8.42 Å². The van der Waals surface area contributed by atoms with Crippen molar-refractivity contribution in [1.29, 1.82) is 0 Å². The van der Waals surface area contributed by atoms with Gasteiger partial charge in [-0.15, -0.1) is 11.8 Å². The molecule has 0 radical (unpaired) electrons. The predicted octanol–water partition coefficient (Wildman–Crippen LogP) is 2.97. The molecule has 0 spiro atoms. The molecule has 0 aliphatic carbocycles. The molecule has 0 bridgehead atoms. The summed E-state index contributed by atoms with van der Waals surface area (Å²) < 4.78 is 23.2. The van der Waals surface area contributed by atoms with Gasteiger partial charge in [0.25, 0.3) is 0 Å². The Balaban J connectivity index is 1.68. The third-order valence-electron chi connectivity index (χ3n) is 4.49. The predicted molar refractivity (Wildman–Crippen MR) is 99.1 cm³/mol. The molecule has 2 aromatic carbocycles. The maximum absolute atomic E-state index is 12.6. The average Bonchev–Trinajstić information content (AvgIpc) is 2.93. The highest BCUT2D eigenvalue weighted by Gasteiger charge is 2.34. The number of hydrogen-bond donors (Lipinski definition) is 0. The second kappa shape index (κ2) is 6.76. The van der Waals surface area contributed by atoms with Crippen LogP contribution in [-0.4, -0.2) is 49.1 Å². The summed E-state index contributed by atoms with van der Waals surface area (Å²) in [6, 6.07) is 14.1. The van der Waals surface area contributed by atoms with Gasteiger partial charge in [0.15, 0.2) is 9.84 Å². The average molecular weight is 364 g/mol. The van der Waals surface area contributed by atoms with E-state index in [4.69, 9.17) is 0 Å². The zero-order chi connectivity index (χ0) is 17.3. The summed E-state index contributed by atoms with van der Waals surface area (Å²) in [6.07, 6.45) is 0.540. The van der Waals surface area contributed by atoms with Gasteiger partial charge in [-0.2, -0.15) is 0 Å². The van der Waals surface area contributed by atoms with E-state index < -0.39 is 9.84 Å². The zero-order valence-electron chi connectivity index (χ0n) is 13.8. The summed E-state index contributed by atoms with van der Waals surface area (Å²) in [5.74, 6) is 0.250. The summed E-state index contributed by atoms with van der Waals surface area (Å²) in [6.45, 7) is 1.88. The fraction of sp³-hybridized carbons (Fsp3) is 0.389. The highest BCUT2D eigenvalue weighted by Crippen LogP contribution is 2.28. The number of amides is 1. The van der Waals surface area contributed by atoms with Crippen molar-refractivity contribution in [2.75, 3.05) is 18.6 Å². The molecule has 1 amide bonds. The van der Waals surface area contributed by atoms with Crippen LogP contribution in [0.25, 0.3) is 10.8 Å². The molecule has 6 heteroatoms. The first kappa shape index (κ1) is 17.3. The standard InChI is InChI=1S/C18H21NO3S2/c1-13(18(20)19(2)16-9-10-24(21,22)12-16)23-17-8-7-14-5-3-4-6-15(14)11-17/h3-8,11,13,16H,9-10,12H2,1-2H3/t13-,16-/m0/s1. The lowest BCUT2D eigenvalue weighted by Crippen LogP contribution is -2.41. The maximum atomic E-state index is 12.6. The van der Waals surface area contributed by atoms with Gasteiger partial charge in [-0.05, 0) is 36.2 Å². The van der Waals surface area contributed by atoms with E-state index in [-0.39, 0.29) is 28.7 Å². The highest BCUT2D eigenvalue weighted by molar-refractivity contribution is 8.00. The van der Waals surface area contributed by atoms with Crippen LogP contribution in [0.3, 0.4) is 0 Å². The molecule has 0 aromatic heterocycles. The van der Waals surface area contributed by atoms with Crippen LogP contribution in [-0.2, 0) is 14.6 Å². The Labute approximate surface area is 147 Å². The number of hydrogen-bond acceptors (Lipinski definition) is 4. The molecule has 2 atom stereocenters. The highest BCUT2D eigenvalue weighted by atomic mass is 32.2. The summed E-state index contributed by atoms with van der Waals surface area (Å²) in [7, 11) is -1.27. The Morgan fingerprint density at radius 1 is 1.21 bits per heavy atom. The molecule has 4 nitrogen and oxygen atoms in total. The Bertz CT molecular complexity index is 863. The molecule has 24 heavy (non-hydrogen) atoms. The monoisotopic (exact) mass is 363 g/mol. The van der Waals surface area contributed by atoms with Gasteiger partial charge < -0.3 is 4.90 Å². The molecule has 0 saturated carbocycles. The smallest absolute Gasteiger partial charge is 0.235 e. The fourth-order valence-electron chi connectivity index (χ4n) is 3.04. The first-order valence-corrected chi connectivity index (χ1v) is 10.7. The third-order valence-corrected chi connectivity index (χ3v) is 7.32. The van der Waals surface area contributed by atoms with Crippen molar-refractivity contribution in [2.24, 2.45) is 0 Å². The minimum atomic E-state index is -2.98. The van der Waals surface area contributed by atoms with E-state index in [9.17, 15) is 13.2 Å². The van der Waals surface area contributed by atoms with Gasteiger partial charge in [-0.1, -0.05) is 30.3 Å². The van der Waals surface area contributed by atoms with Crippen LogP contribution < -0.4 is 0 Å². The molecule has 3 rings (SSSR count). The van der Waals surface area contributed by atoms with Crippen molar-refractivity contribution < 1.29 is 13.2 Å². The van der Waals surface area contributed by atoms with E-state index in [1.54, 1.807) is 11.9 Å². The van der Waals surface area contributed by atoms with Crippen LogP contribution in [0.1, 0.15) is 13.3 Å². The van der Waals surface area contributed by atoms with E-state index in [0.717, 1.165) is 10.3 Å². The van der Waals surface area contributed by atoms with Crippen molar-refractivity contribution >= 4 is 38.3 Å². The topological polar surface area (TPSA) is 54.5 Å². The molecule has 0 N–H and O–H groups in total. The molecular formula is C18H21NO3S2. The van der Waals surface area contributed by atoms with Gasteiger partial charge >= 0.3 is 0 Å². The molecule has 1 aliphatic heterocycles. The van der Waals surface area contributed by atoms with Crippen LogP contribution in [0.2, 0.25) is 0 Å². The molecule has 128 valence electrons. The summed E-state index contributed by atoms with van der Waals surface area (Å²) in [5.41, 5.74) is 0. The van der Waals surface area contributed by atoms with E-state index >= 15 is 0 Å². The van der Waals surface area contributed by atoms with Gasteiger partial charge in [0.1, 0.15) is 0 Å². The number of nitrogens with zero attached hydrogens (tertiary/aromatic N) is 1. The number of fused-ring (bicyclic) bond motifs is 1. The number of thioether (sulfide) groups is 1. The summed E-state index contributed by atoms with van der Waals surface area (Å²) in [4.78, 5) is 15.3. The van der Waals surface area contributed by atoms with Crippen molar-refractivity contribution in [1.82, 2.24) is 4.90 Å². The number of rotatable bonds is 4. The molecule has 1 heterocycles. The van der Waals surface area contributed by atoms with Gasteiger partial charge in [0.05, 0.1) is 16.8 Å². The van der Waals surface area contributed by atoms with Crippen molar-refractivity contribution in [2.45, 2.75) is 29.5 Å². The van der Waals surface area contributed by atoms with Crippen molar-refractivity contribution in [3.8, 4) is 0 Å². The zero-order valence-corrected chi connectivity index (χ0v) is 15.4. The normalized spacial score (nSPS) is 20.8. The lowest BCUT2D eigenvalue weighted by molar-refractivity contribution is -0.130. The molecule has 1 aliphatic rings. The van der Waals surface area contributed by atoms with E-state index in [2.05, 4.69) is 24.3 Å². The minimum absolute atomic E-state index is 0.0183. The van der Waals surface area contributed by atoms with E-state index in [1.807, 2.05) is 25.1 Å². The van der Waals surface area contributed by atoms with Crippen molar-refractivity contribution in [3.05, 3.63) is 42.5 Å². The second-order valence-corrected chi connectivity index (χ2v) is 9.92. The minimum Gasteiger partial charge on any atom is -0.341 e. The molecule has 1 saturated heterocycles. The largest absolute Gasteiger partial charge is 0.341 e. The van der Waals surface area contributed by atoms with Crippen LogP contribution in [0, 0.1) is 0 Å². The Morgan fingerprint density at radius 2 is 1.92 bits per heavy atom.